The van der Waals surface area contributed by atoms with Crippen molar-refractivity contribution >= 4 is 31.3 Å². The predicted octanol–water partition coefficient (Wildman–Crippen LogP) is 5.05. The minimum atomic E-state index is -4.48. The second kappa shape index (κ2) is 11.5. The Morgan fingerprint density at radius 2 is 1.00 bits per heavy atom. The Hall–Kier alpha value is -5.68. The zero-order valence-corrected chi connectivity index (χ0v) is 25.9. The molecule has 48 heavy (non-hydrogen) atoms. The van der Waals surface area contributed by atoms with E-state index in [0.29, 0.717) is 36.8 Å². The maximum absolute atomic E-state index is 16.5. The minimum absolute atomic E-state index is 0.355. The number of nitriles is 2. The smallest absolute Gasteiger partial charge is 0.224 e. The normalized spacial score (nSPS) is 13.8. The van der Waals surface area contributed by atoms with Crippen molar-refractivity contribution in [3.8, 4) is 34.4 Å². The molecule has 240 valence electrons. The molecule has 0 aromatic heterocycles. The van der Waals surface area contributed by atoms with E-state index in [1.807, 2.05) is 0 Å². The van der Waals surface area contributed by atoms with Crippen LogP contribution in [0.5, 0.6) is 0 Å². The molecule has 3 aromatic carbocycles. The van der Waals surface area contributed by atoms with Crippen LogP contribution in [0.3, 0.4) is 0 Å². The number of fused-ring (bicyclic) bond motifs is 2. The van der Waals surface area contributed by atoms with E-state index in [1.165, 1.54) is 12.1 Å². The summed E-state index contributed by atoms with van der Waals surface area (Å²) in [6.45, 7) is 14.7. The van der Waals surface area contributed by atoms with Crippen LogP contribution in [0.15, 0.2) is 56.6 Å². The second-order valence-corrected chi connectivity index (χ2v) is 14.5. The highest BCUT2D eigenvalue weighted by molar-refractivity contribution is 7.91. The fourth-order valence-electron chi connectivity index (χ4n) is 5.95. The molecule has 0 heterocycles. The zero-order valence-electron chi connectivity index (χ0n) is 24.2. The van der Waals surface area contributed by atoms with Gasteiger partial charge in [-0.15, -0.1) is 0 Å². The van der Waals surface area contributed by atoms with Crippen LogP contribution in [0.1, 0.15) is 11.1 Å². The highest BCUT2D eigenvalue weighted by atomic mass is 32.2. The fourth-order valence-corrected chi connectivity index (χ4v) is 7.60. The van der Waals surface area contributed by atoms with E-state index in [-0.39, 0.29) is 11.1 Å². The first-order valence-corrected chi connectivity index (χ1v) is 16.9. The lowest BCUT2D eigenvalue weighted by Gasteiger charge is -2.17. The van der Waals surface area contributed by atoms with Crippen molar-refractivity contribution in [1.82, 2.24) is 0 Å². The topological polar surface area (TPSA) is 125 Å². The summed E-state index contributed by atoms with van der Waals surface area (Å²) in [4.78, 5) is 3.31. The van der Waals surface area contributed by atoms with Crippen LogP contribution in [0, 0.1) is 59.1 Å². The molecule has 3 aromatic rings. The van der Waals surface area contributed by atoms with E-state index >= 15 is 26.3 Å². The van der Waals surface area contributed by atoms with Crippen LogP contribution < -0.4 is 10.4 Å². The van der Waals surface area contributed by atoms with Gasteiger partial charge in [-0.2, -0.15) is 20.2 Å². The number of hydrogen-bond acceptors (Lipinski definition) is 6. The molecule has 2 aliphatic carbocycles. The molecule has 0 saturated heterocycles. The Balaban J connectivity index is 2.12. The van der Waals surface area contributed by atoms with Crippen molar-refractivity contribution in [3.63, 3.8) is 0 Å². The van der Waals surface area contributed by atoms with Crippen molar-refractivity contribution in [1.29, 1.82) is 10.5 Å². The molecule has 0 aliphatic heterocycles. The van der Waals surface area contributed by atoms with E-state index in [9.17, 15) is 27.4 Å². The molecule has 8 nitrogen and oxygen atoms in total. The Bertz CT molecular complexity index is 2410. The lowest BCUT2D eigenvalue weighted by atomic mass is 9.87. The number of halogens is 6. The van der Waals surface area contributed by atoms with E-state index in [2.05, 4.69) is 9.69 Å². The third kappa shape index (κ3) is 5.12. The van der Waals surface area contributed by atoms with Crippen molar-refractivity contribution in [3.05, 3.63) is 114 Å². The van der Waals surface area contributed by atoms with E-state index in [1.54, 1.807) is 0 Å². The van der Waals surface area contributed by atoms with E-state index in [4.69, 9.17) is 13.1 Å². The van der Waals surface area contributed by atoms with Crippen molar-refractivity contribution < 1.29 is 43.2 Å². The van der Waals surface area contributed by atoms with Gasteiger partial charge in [-0.3, -0.25) is 0 Å². The Morgan fingerprint density at radius 3 is 1.31 bits per heavy atom. The van der Waals surface area contributed by atoms with Gasteiger partial charge in [-0.25, -0.2) is 43.2 Å². The molecular formula is C32H14F6N4O4S2. The quantitative estimate of drug-likeness (QED) is 0.214. The first-order chi connectivity index (χ1) is 22.4. The maximum Gasteiger partial charge on any atom is 0.525 e. The average Bonchev–Trinajstić information content (AvgIpc) is 3.48. The third-order valence-electron chi connectivity index (χ3n) is 7.71. The molecule has 0 radical (unpaired) electrons. The van der Waals surface area contributed by atoms with Gasteiger partial charge >= 0.3 is 5.82 Å². The summed E-state index contributed by atoms with van der Waals surface area (Å²) in [6, 6.07) is 5.06. The first-order valence-electron chi connectivity index (χ1n) is 13.1. The number of rotatable bonds is 4. The van der Waals surface area contributed by atoms with E-state index < -0.39 is 132 Å². The molecule has 0 unspecified atom stereocenters. The van der Waals surface area contributed by atoms with Gasteiger partial charge in [0.25, 0.3) is 0 Å². The SMILES string of the molecule is [C-]#[N+]C([N+]#[C-])=C1Cc2c(-c3cc(F)c(S(C)(=O)=O)c(F)c3)c3c(c(-c4cc(F)c(S(C)(=O)=O)c(F)c4)c2=C1F)CC(=C(C#N)C#N)C=3F. The summed E-state index contributed by atoms with van der Waals surface area (Å²) in [5, 5.41) is 17.8. The Kier molecular flexibility index (Phi) is 8.09. The molecule has 2 aliphatic rings. The standard InChI is InChI=1S/C32H14F6N4O4S2/c1-41-32(42-2)19-10-18-25(14-7-22(35)31(23(36)8-14)48(4,45)46)26-17(9-16(28(26)37)15(11-39)12-40)24(27(18)29(19)38)13-5-20(33)30(21(34)6-13)47(3,43)44/h5-8H,9-10H2,3-4H3. The molecule has 5 rings (SSSR count). The van der Waals surface area contributed by atoms with Gasteiger partial charge < -0.3 is 0 Å². The maximum atomic E-state index is 16.5. The molecule has 0 bridgehead atoms. The molecular weight excluding hydrogens is 682 g/mol. The van der Waals surface area contributed by atoms with Crippen molar-refractivity contribution in [2.24, 2.45) is 0 Å². The van der Waals surface area contributed by atoms with Crippen LogP contribution in [-0.2, 0) is 32.5 Å². The molecule has 0 amide bonds. The Morgan fingerprint density at radius 1 is 0.667 bits per heavy atom. The highest BCUT2D eigenvalue weighted by Crippen LogP contribution is 2.41. The van der Waals surface area contributed by atoms with Gasteiger partial charge in [0.1, 0.15) is 75.6 Å². The summed E-state index contributed by atoms with van der Waals surface area (Å²) in [5.74, 6) is -9.93. The summed E-state index contributed by atoms with van der Waals surface area (Å²) in [6.07, 6.45) is -0.379. The molecule has 0 saturated carbocycles. The molecule has 16 heteroatoms. The van der Waals surface area contributed by atoms with Gasteiger partial charge in [0.05, 0.1) is 5.57 Å². The Labute approximate surface area is 268 Å². The van der Waals surface area contributed by atoms with Gasteiger partial charge in [-0.05, 0) is 57.6 Å². The molecule has 0 spiro atoms. The van der Waals surface area contributed by atoms with Crippen LogP contribution in [0.2, 0.25) is 0 Å². The summed E-state index contributed by atoms with van der Waals surface area (Å²) in [7, 11) is -8.97. The summed E-state index contributed by atoms with van der Waals surface area (Å²) < 4.78 is 142. The number of nitrogens with zero attached hydrogens (tertiary/aromatic N) is 4. The van der Waals surface area contributed by atoms with Crippen molar-refractivity contribution in [2.45, 2.75) is 22.6 Å². The molecule has 0 fully saturated rings. The number of sulfone groups is 2. The van der Waals surface area contributed by atoms with Crippen LogP contribution in [-0.4, -0.2) is 29.3 Å². The number of benzene rings is 3. The largest absolute Gasteiger partial charge is 0.525 e. The lowest BCUT2D eigenvalue weighted by Crippen LogP contribution is -2.24. The fraction of sp³-hybridized carbons (Fsp3) is 0.125. The van der Waals surface area contributed by atoms with Crippen LogP contribution in [0.25, 0.3) is 43.6 Å². The highest BCUT2D eigenvalue weighted by Gasteiger charge is 2.37. The van der Waals surface area contributed by atoms with Gasteiger partial charge in [0.2, 0.25) is 0 Å². The average molecular weight is 697 g/mol. The molecule has 0 atom stereocenters. The van der Waals surface area contributed by atoms with Crippen LogP contribution in [0.4, 0.5) is 26.3 Å². The monoisotopic (exact) mass is 696 g/mol. The van der Waals surface area contributed by atoms with E-state index in [0.717, 1.165) is 0 Å². The first kappa shape index (κ1) is 33.7. The zero-order chi connectivity index (χ0) is 35.6. The van der Waals surface area contributed by atoms with Gasteiger partial charge in [-0.1, -0.05) is 0 Å². The minimum Gasteiger partial charge on any atom is -0.224 e. The van der Waals surface area contributed by atoms with Gasteiger partial charge in [0, 0.05) is 41.4 Å². The van der Waals surface area contributed by atoms with Crippen LogP contribution >= 0.6 is 0 Å². The van der Waals surface area contributed by atoms with Gasteiger partial charge in [0.15, 0.2) is 19.7 Å². The van der Waals surface area contributed by atoms with Crippen molar-refractivity contribution in [2.75, 3.05) is 12.5 Å². The lowest BCUT2D eigenvalue weighted by molar-refractivity contribution is 0.520. The number of hydrogen-bond donors (Lipinski definition) is 0. The summed E-state index contributed by atoms with van der Waals surface area (Å²) >= 11 is 0. The number of allylic oxidation sites excluding steroid dienone is 3. The predicted molar refractivity (Wildman–Crippen MR) is 158 cm³/mol. The second-order valence-electron chi connectivity index (χ2n) is 10.6. The summed E-state index contributed by atoms with van der Waals surface area (Å²) in [5.41, 5.74) is -4.74. The molecule has 0 N–H and O–H groups in total. The third-order valence-corrected chi connectivity index (χ3v) is 9.97.